The van der Waals surface area contributed by atoms with Gasteiger partial charge in [0.05, 0.1) is 23.9 Å². The Bertz CT molecular complexity index is 798. The third-order valence-corrected chi connectivity index (χ3v) is 4.12. The number of amides is 1. The van der Waals surface area contributed by atoms with E-state index in [0.29, 0.717) is 28.7 Å². The van der Waals surface area contributed by atoms with Crippen LogP contribution in [0.1, 0.15) is 5.82 Å². The lowest BCUT2D eigenvalue weighted by atomic mass is 10.3. The van der Waals surface area contributed by atoms with Crippen molar-refractivity contribution < 1.29 is 4.79 Å². The molecule has 6 nitrogen and oxygen atoms in total. The Morgan fingerprint density at radius 3 is 2.88 bits per heavy atom. The van der Waals surface area contributed by atoms with Gasteiger partial charge in [0.1, 0.15) is 5.82 Å². The molecule has 2 rings (SSSR count). The number of likely N-dealkylation sites (N-methyl/N-ethyl adjacent to an activating group) is 1. The molecule has 0 fully saturated rings. The normalized spacial score (nSPS) is 10.8. The van der Waals surface area contributed by atoms with Crippen LogP contribution in [0.5, 0.6) is 0 Å². The van der Waals surface area contributed by atoms with Crippen molar-refractivity contribution in [2.24, 2.45) is 0 Å². The van der Waals surface area contributed by atoms with Crippen molar-refractivity contribution in [3.05, 3.63) is 52.5 Å². The van der Waals surface area contributed by atoms with Gasteiger partial charge in [-0.3, -0.25) is 9.69 Å². The fraction of sp³-hybridized carbons (Fsp3) is 0.312. The summed E-state index contributed by atoms with van der Waals surface area (Å²) in [5.74, 6) is 0.660. The maximum atomic E-state index is 12.1. The molecular weight excluding hydrogens is 346 g/mol. The van der Waals surface area contributed by atoms with Crippen molar-refractivity contribution in [3.63, 3.8) is 0 Å². The molecule has 24 heavy (non-hydrogen) atoms. The summed E-state index contributed by atoms with van der Waals surface area (Å²) in [6.07, 6.45) is 1.77. The lowest BCUT2D eigenvalue weighted by molar-refractivity contribution is -0.117. The van der Waals surface area contributed by atoms with E-state index in [2.05, 4.69) is 17.0 Å². The summed E-state index contributed by atoms with van der Waals surface area (Å²) in [6.45, 7) is 6.83. The molecule has 0 atom stereocenters. The number of para-hydroxylation sites is 1. The van der Waals surface area contributed by atoms with E-state index in [9.17, 15) is 4.79 Å². The second-order valence-corrected chi connectivity index (χ2v) is 6.18. The maximum Gasteiger partial charge on any atom is 0.238 e. The summed E-state index contributed by atoms with van der Waals surface area (Å²) >= 11 is 11.4. The number of rotatable bonds is 7. The zero-order valence-electron chi connectivity index (χ0n) is 13.7. The second kappa shape index (κ2) is 8.23. The molecule has 1 N–H and O–H groups in total. The fourth-order valence-corrected chi connectivity index (χ4v) is 2.74. The van der Waals surface area contributed by atoms with Crippen molar-refractivity contribution >= 4 is 35.4 Å². The van der Waals surface area contributed by atoms with Crippen LogP contribution in [0.25, 0.3) is 0 Å². The number of aromatic nitrogens is 3. The Morgan fingerprint density at radius 2 is 2.21 bits per heavy atom. The zero-order chi connectivity index (χ0) is 17.7. The molecule has 1 heterocycles. The number of carbonyl (C=O) groups excluding carboxylic acids is 1. The number of anilines is 1. The number of benzene rings is 1. The van der Waals surface area contributed by atoms with Crippen LogP contribution in [0, 0.1) is 11.7 Å². The first-order chi connectivity index (χ1) is 11.4. The molecule has 0 saturated carbocycles. The van der Waals surface area contributed by atoms with Gasteiger partial charge < -0.3 is 9.88 Å². The van der Waals surface area contributed by atoms with Gasteiger partial charge in [0.2, 0.25) is 5.91 Å². The van der Waals surface area contributed by atoms with Gasteiger partial charge in [-0.15, -0.1) is 6.58 Å². The molecule has 0 aliphatic rings. The first-order valence-electron chi connectivity index (χ1n) is 7.40. The minimum atomic E-state index is -0.153. The highest BCUT2D eigenvalue weighted by Gasteiger charge is 2.12. The van der Waals surface area contributed by atoms with Gasteiger partial charge in [-0.1, -0.05) is 29.8 Å². The standard InChI is InChI=1S/C16H20ClN5OS/c1-4-9-21-12(2)19-22(16(21)24)11-20(3)10-15(23)18-14-8-6-5-7-13(14)17/h4-8H,1,9-11H2,2-3H3,(H,18,23). The Kier molecular flexibility index (Phi) is 6.30. The Labute approximate surface area is 151 Å². The molecule has 0 aliphatic carbocycles. The highest BCUT2D eigenvalue weighted by Crippen LogP contribution is 2.20. The number of nitrogens with zero attached hydrogens (tertiary/aromatic N) is 4. The number of allylic oxidation sites excluding steroid dienone is 1. The van der Waals surface area contributed by atoms with Crippen molar-refractivity contribution in [2.45, 2.75) is 20.1 Å². The van der Waals surface area contributed by atoms with Gasteiger partial charge in [-0.05, 0) is 38.3 Å². The van der Waals surface area contributed by atoms with Crippen molar-refractivity contribution in [3.8, 4) is 0 Å². The van der Waals surface area contributed by atoms with Crippen LogP contribution in [0.4, 0.5) is 5.69 Å². The number of hydrogen-bond acceptors (Lipinski definition) is 4. The van der Waals surface area contributed by atoms with E-state index in [1.165, 1.54) is 0 Å². The third-order valence-electron chi connectivity index (χ3n) is 3.36. The molecule has 1 aromatic heterocycles. The molecule has 128 valence electrons. The fourth-order valence-electron chi connectivity index (χ4n) is 2.26. The van der Waals surface area contributed by atoms with Crippen molar-refractivity contribution in [1.82, 2.24) is 19.2 Å². The van der Waals surface area contributed by atoms with Gasteiger partial charge >= 0.3 is 0 Å². The molecule has 0 bridgehead atoms. The molecule has 0 radical (unpaired) electrons. The van der Waals surface area contributed by atoms with E-state index in [0.717, 1.165) is 5.82 Å². The lowest BCUT2D eigenvalue weighted by Crippen LogP contribution is -2.32. The quantitative estimate of drug-likeness (QED) is 0.605. The van der Waals surface area contributed by atoms with Gasteiger partial charge in [0.25, 0.3) is 0 Å². The summed E-state index contributed by atoms with van der Waals surface area (Å²) in [4.78, 5) is 14.0. The van der Waals surface area contributed by atoms with E-state index >= 15 is 0 Å². The molecule has 0 saturated heterocycles. The maximum absolute atomic E-state index is 12.1. The van der Waals surface area contributed by atoms with Crippen LogP contribution in [0.3, 0.4) is 0 Å². The zero-order valence-corrected chi connectivity index (χ0v) is 15.3. The Balaban J connectivity index is 1.98. The predicted octanol–water partition coefficient (Wildman–Crippen LogP) is 3.09. The van der Waals surface area contributed by atoms with Crippen LogP contribution in [0.15, 0.2) is 36.9 Å². The van der Waals surface area contributed by atoms with Gasteiger partial charge in [-0.25, -0.2) is 4.68 Å². The molecule has 0 unspecified atom stereocenters. The van der Waals surface area contributed by atoms with Gasteiger partial charge in [-0.2, -0.15) is 5.10 Å². The van der Waals surface area contributed by atoms with Crippen LogP contribution in [0.2, 0.25) is 5.02 Å². The van der Waals surface area contributed by atoms with Crippen molar-refractivity contribution in [1.29, 1.82) is 0 Å². The number of aryl methyl sites for hydroxylation is 1. The molecule has 0 aliphatic heterocycles. The molecule has 1 aromatic carbocycles. The summed E-state index contributed by atoms with van der Waals surface area (Å²) in [7, 11) is 1.83. The molecule has 8 heteroatoms. The topological polar surface area (TPSA) is 55.1 Å². The smallest absolute Gasteiger partial charge is 0.238 e. The number of hydrogen-bond donors (Lipinski definition) is 1. The van der Waals surface area contributed by atoms with E-state index in [1.807, 2.05) is 35.6 Å². The molecule has 2 aromatic rings. The van der Waals surface area contributed by atoms with Crippen molar-refractivity contribution in [2.75, 3.05) is 18.9 Å². The average Bonchev–Trinajstić information content (AvgIpc) is 2.77. The molecule has 1 amide bonds. The van der Waals surface area contributed by atoms with Gasteiger partial charge in [0, 0.05) is 6.54 Å². The second-order valence-electron chi connectivity index (χ2n) is 5.41. The molecular formula is C16H20ClN5OS. The van der Waals surface area contributed by atoms with E-state index in [-0.39, 0.29) is 12.5 Å². The number of halogens is 1. The first-order valence-corrected chi connectivity index (χ1v) is 8.19. The monoisotopic (exact) mass is 365 g/mol. The van der Waals surface area contributed by atoms with E-state index < -0.39 is 0 Å². The number of carbonyl (C=O) groups is 1. The molecule has 0 spiro atoms. The van der Waals surface area contributed by atoms with E-state index in [1.54, 1.807) is 22.9 Å². The summed E-state index contributed by atoms with van der Waals surface area (Å²) in [5, 5.41) is 7.71. The summed E-state index contributed by atoms with van der Waals surface area (Å²) < 4.78 is 4.18. The third kappa shape index (κ3) is 4.53. The SMILES string of the molecule is C=CCn1c(C)nn(CN(C)CC(=O)Nc2ccccc2Cl)c1=S. The lowest BCUT2D eigenvalue weighted by Gasteiger charge is -2.16. The van der Waals surface area contributed by atoms with Crippen LogP contribution < -0.4 is 5.32 Å². The van der Waals surface area contributed by atoms with E-state index in [4.69, 9.17) is 23.8 Å². The van der Waals surface area contributed by atoms with Crippen LogP contribution in [-0.4, -0.2) is 38.7 Å². The largest absolute Gasteiger partial charge is 0.324 e. The minimum absolute atomic E-state index is 0.153. The highest BCUT2D eigenvalue weighted by molar-refractivity contribution is 7.71. The van der Waals surface area contributed by atoms with Crippen LogP contribution >= 0.6 is 23.8 Å². The van der Waals surface area contributed by atoms with Crippen LogP contribution in [-0.2, 0) is 18.0 Å². The number of nitrogens with one attached hydrogen (secondary N) is 1. The highest BCUT2D eigenvalue weighted by atomic mass is 35.5. The average molecular weight is 366 g/mol. The Morgan fingerprint density at radius 1 is 1.50 bits per heavy atom. The summed E-state index contributed by atoms with van der Waals surface area (Å²) in [6, 6.07) is 7.12. The Hall–Kier alpha value is -1.96. The van der Waals surface area contributed by atoms with Gasteiger partial charge in [0.15, 0.2) is 4.77 Å². The predicted molar refractivity (Wildman–Crippen MR) is 98.7 cm³/mol. The minimum Gasteiger partial charge on any atom is -0.324 e. The first kappa shape index (κ1) is 18.4. The summed E-state index contributed by atoms with van der Waals surface area (Å²) in [5.41, 5.74) is 0.597.